The lowest BCUT2D eigenvalue weighted by Crippen LogP contribution is -2.01. The molecular weight excluding hydrogens is 322 g/mol. The molecule has 0 aromatic heterocycles. The number of nitrogens with zero attached hydrogens (tertiary/aromatic N) is 1. The van der Waals surface area contributed by atoms with Gasteiger partial charge in [-0.1, -0.05) is 18.2 Å². The molecule has 4 nitrogen and oxygen atoms in total. The first-order chi connectivity index (χ1) is 9.49. The van der Waals surface area contributed by atoms with E-state index in [9.17, 15) is 10.1 Å². The molecule has 0 aliphatic rings. The molecule has 0 aliphatic carbocycles. The van der Waals surface area contributed by atoms with Gasteiger partial charge < -0.3 is 4.74 Å². The molecule has 0 unspecified atom stereocenters. The maximum Gasteiger partial charge on any atom is 0.273 e. The molecular formula is C15H14BrNO3. The van der Waals surface area contributed by atoms with Crippen molar-refractivity contribution < 1.29 is 9.66 Å². The summed E-state index contributed by atoms with van der Waals surface area (Å²) in [6.07, 6.45) is 0. The summed E-state index contributed by atoms with van der Waals surface area (Å²) in [5.74, 6) is 0.474. The summed E-state index contributed by atoms with van der Waals surface area (Å²) in [6, 6.07) is 10.5. The van der Waals surface area contributed by atoms with Crippen LogP contribution in [0.5, 0.6) is 5.75 Å². The second kappa shape index (κ2) is 6.05. The van der Waals surface area contributed by atoms with Gasteiger partial charge in [0, 0.05) is 6.07 Å². The molecule has 2 aromatic carbocycles. The highest BCUT2D eigenvalue weighted by Crippen LogP contribution is 2.30. The van der Waals surface area contributed by atoms with Crippen LogP contribution in [0.3, 0.4) is 0 Å². The van der Waals surface area contributed by atoms with Crippen LogP contribution < -0.4 is 4.74 Å². The minimum atomic E-state index is -0.432. The number of hydrogen-bond donors (Lipinski definition) is 0. The van der Waals surface area contributed by atoms with Crippen molar-refractivity contribution in [3.8, 4) is 5.75 Å². The molecule has 0 saturated heterocycles. The smallest absolute Gasteiger partial charge is 0.273 e. The normalized spacial score (nSPS) is 10.3. The summed E-state index contributed by atoms with van der Waals surface area (Å²) < 4.78 is 6.43. The van der Waals surface area contributed by atoms with Crippen LogP contribution in [0.15, 0.2) is 40.9 Å². The largest absolute Gasteiger partial charge is 0.487 e. The van der Waals surface area contributed by atoms with Gasteiger partial charge in [0.25, 0.3) is 5.69 Å². The van der Waals surface area contributed by atoms with Crippen molar-refractivity contribution in [3.63, 3.8) is 0 Å². The van der Waals surface area contributed by atoms with E-state index < -0.39 is 4.92 Å². The van der Waals surface area contributed by atoms with E-state index in [0.29, 0.717) is 16.8 Å². The van der Waals surface area contributed by atoms with Crippen LogP contribution in [0.1, 0.15) is 16.7 Å². The number of aryl methyl sites for hydroxylation is 2. The Bertz CT molecular complexity index is 635. The van der Waals surface area contributed by atoms with Gasteiger partial charge in [0.15, 0.2) is 0 Å². The highest BCUT2D eigenvalue weighted by atomic mass is 79.9. The average Bonchev–Trinajstić information content (AvgIpc) is 2.39. The summed E-state index contributed by atoms with van der Waals surface area (Å²) in [5.41, 5.74) is 3.41. The fraction of sp³-hybridized carbons (Fsp3) is 0.200. The minimum Gasteiger partial charge on any atom is -0.487 e. The molecule has 0 saturated carbocycles. The second-order valence-corrected chi connectivity index (χ2v) is 5.39. The number of hydrogen-bond acceptors (Lipinski definition) is 3. The van der Waals surface area contributed by atoms with Crippen molar-refractivity contribution in [1.82, 2.24) is 0 Å². The zero-order valence-electron chi connectivity index (χ0n) is 11.2. The van der Waals surface area contributed by atoms with Crippen LogP contribution >= 0.6 is 15.9 Å². The third-order valence-electron chi connectivity index (χ3n) is 3.14. The quantitative estimate of drug-likeness (QED) is 0.608. The summed E-state index contributed by atoms with van der Waals surface area (Å²) in [5, 5.41) is 10.8. The number of benzene rings is 2. The fourth-order valence-electron chi connectivity index (χ4n) is 1.94. The van der Waals surface area contributed by atoms with Crippen molar-refractivity contribution in [1.29, 1.82) is 0 Å². The Kier molecular flexibility index (Phi) is 4.39. The number of ether oxygens (including phenoxy) is 1. The summed E-state index contributed by atoms with van der Waals surface area (Å²) in [6.45, 7) is 4.43. The Morgan fingerprint density at radius 1 is 1.20 bits per heavy atom. The van der Waals surface area contributed by atoms with Crippen molar-refractivity contribution in [3.05, 3.63) is 67.7 Å². The van der Waals surface area contributed by atoms with E-state index >= 15 is 0 Å². The van der Waals surface area contributed by atoms with Crippen molar-refractivity contribution in [2.45, 2.75) is 20.5 Å². The molecule has 0 spiro atoms. The second-order valence-electron chi connectivity index (χ2n) is 4.53. The number of halogens is 1. The van der Waals surface area contributed by atoms with Crippen molar-refractivity contribution in [2.75, 3.05) is 0 Å². The molecule has 0 radical (unpaired) electrons. The van der Waals surface area contributed by atoms with Gasteiger partial charge in [-0.2, -0.15) is 0 Å². The van der Waals surface area contributed by atoms with Gasteiger partial charge >= 0.3 is 0 Å². The molecule has 0 fully saturated rings. The van der Waals surface area contributed by atoms with Crippen molar-refractivity contribution in [2.24, 2.45) is 0 Å². The van der Waals surface area contributed by atoms with E-state index in [4.69, 9.17) is 4.74 Å². The zero-order valence-corrected chi connectivity index (χ0v) is 12.8. The van der Waals surface area contributed by atoms with Gasteiger partial charge in [-0.25, -0.2) is 0 Å². The predicted molar refractivity (Wildman–Crippen MR) is 81.0 cm³/mol. The lowest BCUT2D eigenvalue weighted by atomic mass is 10.0. The SMILES string of the molecule is Cc1cccc(C)c1COc1cc([N+](=O)[O-])ccc1Br. The van der Waals surface area contributed by atoms with Gasteiger partial charge in [-0.05, 0) is 52.5 Å². The van der Waals surface area contributed by atoms with E-state index in [2.05, 4.69) is 15.9 Å². The van der Waals surface area contributed by atoms with Gasteiger partial charge in [-0.15, -0.1) is 0 Å². The first kappa shape index (κ1) is 14.5. The summed E-state index contributed by atoms with van der Waals surface area (Å²) in [4.78, 5) is 10.3. The third-order valence-corrected chi connectivity index (χ3v) is 3.80. The fourth-order valence-corrected chi connectivity index (χ4v) is 2.30. The zero-order chi connectivity index (χ0) is 14.7. The Morgan fingerprint density at radius 3 is 2.45 bits per heavy atom. The molecule has 2 aromatic rings. The summed E-state index contributed by atoms with van der Waals surface area (Å²) in [7, 11) is 0. The maximum atomic E-state index is 10.8. The van der Waals surface area contributed by atoms with E-state index in [0.717, 1.165) is 16.7 Å². The molecule has 0 atom stereocenters. The highest BCUT2D eigenvalue weighted by Gasteiger charge is 2.11. The van der Waals surface area contributed by atoms with Crippen LogP contribution in [0.25, 0.3) is 0 Å². The van der Waals surface area contributed by atoms with Gasteiger partial charge in [-0.3, -0.25) is 10.1 Å². The Morgan fingerprint density at radius 2 is 1.85 bits per heavy atom. The van der Waals surface area contributed by atoms with E-state index in [-0.39, 0.29) is 5.69 Å². The molecule has 0 amide bonds. The van der Waals surface area contributed by atoms with Crippen LogP contribution in [-0.2, 0) is 6.61 Å². The number of non-ortho nitro benzene ring substituents is 1. The maximum absolute atomic E-state index is 10.8. The standard InChI is InChI=1S/C15H14BrNO3/c1-10-4-3-5-11(2)13(10)9-20-15-8-12(17(18)19)6-7-14(15)16/h3-8H,9H2,1-2H3. The first-order valence-corrected chi connectivity index (χ1v) is 6.90. The molecule has 5 heteroatoms. The Balaban J connectivity index is 2.23. The van der Waals surface area contributed by atoms with Gasteiger partial charge in [0.05, 0.1) is 15.5 Å². The molecule has 0 aliphatic heterocycles. The number of rotatable bonds is 4. The van der Waals surface area contributed by atoms with E-state index in [1.165, 1.54) is 12.1 Å². The number of nitro benzene ring substituents is 1. The molecule has 0 bridgehead atoms. The average molecular weight is 336 g/mol. The van der Waals surface area contributed by atoms with Crippen LogP contribution in [0.4, 0.5) is 5.69 Å². The van der Waals surface area contributed by atoms with E-state index in [1.54, 1.807) is 6.07 Å². The topological polar surface area (TPSA) is 52.4 Å². The summed E-state index contributed by atoms with van der Waals surface area (Å²) >= 11 is 3.34. The van der Waals surface area contributed by atoms with E-state index in [1.807, 2.05) is 32.0 Å². The van der Waals surface area contributed by atoms with Gasteiger partial charge in [0.1, 0.15) is 12.4 Å². The molecule has 104 valence electrons. The molecule has 0 N–H and O–H groups in total. The number of nitro groups is 1. The lowest BCUT2D eigenvalue weighted by Gasteiger charge is -2.12. The lowest BCUT2D eigenvalue weighted by molar-refractivity contribution is -0.385. The first-order valence-electron chi connectivity index (χ1n) is 6.11. The third kappa shape index (κ3) is 3.17. The predicted octanol–water partition coefficient (Wildman–Crippen LogP) is 4.55. The van der Waals surface area contributed by atoms with Crippen LogP contribution in [-0.4, -0.2) is 4.92 Å². The highest BCUT2D eigenvalue weighted by molar-refractivity contribution is 9.10. The van der Waals surface area contributed by atoms with Crippen molar-refractivity contribution >= 4 is 21.6 Å². The van der Waals surface area contributed by atoms with Crippen LogP contribution in [0, 0.1) is 24.0 Å². The molecule has 20 heavy (non-hydrogen) atoms. The Hall–Kier alpha value is -1.88. The minimum absolute atomic E-state index is 0.0182. The van der Waals surface area contributed by atoms with Crippen LogP contribution in [0.2, 0.25) is 0 Å². The van der Waals surface area contributed by atoms with Gasteiger partial charge in [0.2, 0.25) is 0 Å². The molecule has 2 rings (SSSR count). The molecule has 0 heterocycles. The Labute approximate surface area is 125 Å². The monoisotopic (exact) mass is 335 g/mol.